The van der Waals surface area contributed by atoms with Gasteiger partial charge in [-0.1, -0.05) is 51.1 Å². The summed E-state index contributed by atoms with van der Waals surface area (Å²) in [4.78, 5) is 12.4. The number of aromatic nitrogens is 2. The van der Waals surface area contributed by atoms with Crippen molar-refractivity contribution in [2.24, 2.45) is 0 Å². The van der Waals surface area contributed by atoms with Crippen LogP contribution in [0.5, 0.6) is 0 Å². The first-order chi connectivity index (χ1) is 12.8. The Labute approximate surface area is 158 Å². The lowest BCUT2D eigenvalue weighted by Crippen LogP contribution is -2.13. The number of anilines is 1. The van der Waals surface area contributed by atoms with Crippen LogP contribution in [0.4, 0.5) is 10.2 Å². The molecule has 1 amide bonds. The summed E-state index contributed by atoms with van der Waals surface area (Å²) in [5.74, 6) is -0.0636. The van der Waals surface area contributed by atoms with Crippen LogP contribution in [-0.2, 0) is 10.2 Å². The number of halogens is 1. The molecule has 0 aliphatic heterocycles. The van der Waals surface area contributed by atoms with Crippen LogP contribution in [0.1, 0.15) is 32.0 Å². The van der Waals surface area contributed by atoms with Crippen LogP contribution in [-0.4, -0.2) is 15.7 Å². The van der Waals surface area contributed by atoms with Gasteiger partial charge in [0.25, 0.3) is 0 Å². The second-order valence-corrected chi connectivity index (χ2v) is 7.29. The van der Waals surface area contributed by atoms with E-state index in [4.69, 9.17) is 0 Å². The van der Waals surface area contributed by atoms with Gasteiger partial charge in [-0.15, -0.1) is 0 Å². The monoisotopic (exact) mass is 363 g/mol. The third-order valence-corrected chi connectivity index (χ3v) is 4.01. The second-order valence-electron chi connectivity index (χ2n) is 7.29. The largest absolute Gasteiger partial charge is 0.307 e. The van der Waals surface area contributed by atoms with Gasteiger partial charge in [0.05, 0.1) is 11.4 Å². The molecule has 0 bridgehead atoms. The van der Waals surface area contributed by atoms with E-state index in [-0.39, 0.29) is 17.1 Å². The molecule has 1 heterocycles. The molecular weight excluding hydrogens is 341 g/mol. The van der Waals surface area contributed by atoms with Crippen molar-refractivity contribution in [2.45, 2.75) is 26.2 Å². The van der Waals surface area contributed by atoms with Crippen LogP contribution in [0.25, 0.3) is 11.8 Å². The summed E-state index contributed by atoms with van der Waals surface area (Å²) < 4.78 is 15.0. The van der Waals surface area contributed by atoms with Gasteiger partial charge in [-0.05, 0) is 35.9 Å². The van der Waals surface area contributed by atoms with E-state index in [0.29, 0.717) is 11.4 Å². The van der Waals surface area contributed by atoms with Gasteiger partial charge in [0.15, 0.2) is 0 Å². The van der Waals surface area contributed by atoms with Crippen molar-refractivity contribution in [3.63, 3.8) is 0 Å². The Kier molecular flexibility index (Phi) is 5.21. The summed E-state index contributed by atoms with van der Waals surface area (Å²) >= 11 is 0. The zero-order valence-corrected chi connectivity index (χ0v) is 15.6. The number of para-hydroxylation sites is 1. The normalized spacial score (nSPS) is 11.7. The number of nitrogens with zero attached hydrogens (tertiary/aromatic N) is 2. The molecule has 0 radical (unpaired) electrons. The van der Waals surface area contributed by atoms with Crippen molar-refractivity contribution in [1.29, 1.82) is 0 Å². The lowest BCUT2D eigenvalue weighted by Gasteiger charge is -2.14. The number of hydrogen-bond donors (Lipinski definition) is 1. The Hall–Kier alpha value is -3.21. The number of nitrogens with one attached hydrogen (secondary N) is 1. The van der Waals surface area contributed by atoms with Gasteiger partial charge in [0.1, 0.15) is 11.6 Å². The molecule has 138 valence electrons. The van der Waals surface area contributed by atoms with Crippen LogP contribution < -0.4 is 5.32 Å². The van der Waals surface area contributed by atoms with Crippen molar-refractivity contribution in [1.82, 2.24) is 9.78 Å². The first kappa shape index (κ1) is 18.6. The topological polar surface area (TPSA) is 46.9 Å². The number of benzene rings is 2. The Morgan fingerprint density at radius 2 is 1.81 bits per heavy atom. The molecule has 27 heavy (non-hydrogen) atoms. The molecule has 0 saturated carbocycles. The SMILES string of the molecule is CC(C)(C)c1cc(NC(=O)C=Cc2cccc(F)c2)n(-c2ccccc2)n1. The van der Waals surface area contributed by atoms with E-state index in [0.717, 1.165) is 11.4 Å². The average molecular weight is 363 g/mol. The van der Waals surface area contributed by atoms with E-state index >= 15 is 0 Å². The molecule has 4 nitrogen and oxygen atoms in total. The summed E-state index contributed by atoms with van der Waals surface area (Å²) in [5.41, 5.74) is 2.20. The quantitative estimate of drug-likeness (QED) is 0.666. The molecule has 0 atom stereocenters. The lowest BCUT2D eigenvalue weighted by molar-refractivity contribution is -0.111. The van der Waals surface area contributed by atoms with Crippen LogP contribution >= 0.6 is 0 Å². The van der Waals surface area contributed by atoms with Gasteiger partial charge < -0.3 is 5.32 Å². The van der Waals surface area contributed by atoms with Gasteiger partial charge in [0.2, 0.25) is 5.91 Å². The van der Waals surface area contributed by atoms with Gasteiger partial charge in [0, 0.05) is 17.6 Å². The molecular formula is C22H22FN3O. The summed E-state index contributed by atoms with van der Waals surface area (Å²) in [7, 11) is 0. The molecule has 0 unspecified atom stereocenters. The average Bonchev–Trinajstić information content (AvgIpc) is 3.05. The van der Waals surface area contributed by atoms with E-state index in [1.165, 1.54) is 18.2 Å². The van der Waals surface area contributed by atoms with Gasteiger partial charge >= 0.3 is 0 Å². The minimum atomic E-state index is -0.338. The van der Waals surface area contributed by atoms with Crippen LogP contribution in [0.3, 0.4) is 0 Å². The molecule has 0 saturated heterocycles. The lowest BCUT2D eigenvalue weighted by atomic mass is 9.92. The summed E-state index contributed by atoms with van der Waals surface area (Å²) in [6.45, 7) is 6.21. The Morgan fingerprint density at radius 3 is 2.48 bits per heavy atom. The van der Waals surface area contributed by atoms with Crippen molar-refractivity contribution in [2.75, 3.05) is 5.32 Å². The van der Waals surface area contributed by atoms with Crippen molar-refractivity contribution in [3.8, 4) is 5.69 Å². The maximum Gasteiger partial charge on any atom is 0.249 e. The van der Waals surface area contributed by atoms with E-state index in [2.05, 4.69) is 31.2 Å². The highest BCUT2D eigenvalue weighted by atomic mass is 19.1. The van der Waals surface area contributed by atoms with Gasteiger partial charge in [-0.2, -0.15) is 5.10 Å². The fourth-order valence-electron chi connectivity index (χ4n) is 2.55. The predicted molar refractivity (Wildman–Crippen MR) is 106 cm³/mol. The highest BCUT2D eigenvalue weighted by Crippen LogP contribution is 2.26. The standard InChI is InChI=1S/C22H22FN3O/c1-22(2,3)19-15-20(26(25-19)18-10-5-4-6-11-18)24-21(27)13-12-16-8-7-9-17(23)14-16/h4-15H,1-3H3,(H,24,27). The van der Waals surface area contributed by atoms with Crippen molar-refractivity contribution in [3.05, 3.63) is 83.8 Å². The van der Waals surface area contributed by atoms with Crippen LogP contribution in [0, 0.1) is 5.82 Å². The third-order valence-electron chi connectivity index (χ3n) is 4.01. The van der Waals surface area contributed by atoms with Crippen LogP contribution in [0.2, 0.25) is 0 Å². The third kappa shape index (κ3) is 4.70. The van der Waals surface area contributed by atoms with Crippen molar-refractivity contribution >= 4 is 17.8 Å². The fourth-order valence-corrected chi connectivity index (χ4v) is 2.55. The number of amides is 1. The minimum Gasteiger partial charge on any atom is -0.307 e. The molecule has 0 aliphatic carbocycles. The highest BCUT2D eigenvalue weighted by Gasteiger charge is 2.21. The Bertz CT molecular complexity index is 969. The Balaban J connectivity index is 1.87. The van der Waals surface area contributed by atoms with E-state index in [9.17, 15) is 9.18 Å². The summed E-state index contributed by atoms with van der Waals surface area (Å²) in [5, 5.41) is 7.53. The Morgan fingerprint density at radius 1 is 1.07 bits per heavy atom. The number of carbonyl (C=O) groups excluding carboxylic acids is 1. The fraction of sp³-hybridized carbons (Fsp3) is 0.182. The van der Waals surface area contributed by atoms with Gasteiger partial charge in [-0.3, -0.25) is 4.79 Å². The number of carbonyl (C=O) groups is 1. The van der Waals surface area contributed by atoms with Gasteiger partial charge in [-0.25, -0.2) is 9.07 Å². The molecule has 3 aromatic rings. The first-order valence-corrected chi connectivity index (χ1v) is 8.73. The zero-order valence-electron chi connectivity index (χ0n) is 15.6. The minimum absolute atomic E-state index is 0.156. The summed E-state index contributed by atoms with van der Waals surface area (Å²) in [6.07, 6.45) is 2.96. The molecule has 1 N–H and O–H groups in total. The first-order valence-electron chi connectivity index (χ1n) is 8.73. The molecule has 0 aliphatic rings. The second kappa shape index (κ2) is 7.58. The number of hydrogen-bond acceptors (Lipinski definition) is 2. The smallest absolute Gasteiger partial charge is 0.249 e. The molecule has 0 fully saturated rings. The molecule has 0 spiro atoms. The molecule has 1 aromatic heterocycles. The van der Waals surface area contributed by atoms with E-state index in [1.54, 1.807) is 22.9 Å². The maximum absolute atomic E-state index is 13.2. The van der Waals surface area contributed by atoms with Crippen molar-refractivity contribution < 1.29 is 9.18 Å². The molecule has 2 aromatic carbocycles. The van der Waals surface area contributed by atoms with E-state index < -0.39 is 0 Å². The van der Waals surface area contributed by atoms with Crippen LogP contribution in [0.15, 0.2) is 66.7 Å². The maximum atomic E-state index is 13.2. The molecule has 5 heteroatoms. The highest BCUT2D eigenvalue weighted by molar-refractivity contribution is 6.01. The zero-order chi connectivity index (χ0) is 19.4. The summed E-state index contributed by atoms with van der Waals surface area (Å²) in [6, 6.07) is 17.6. The van der Waals surface area contributed by atoms with E-state index in [1.807, 2.05) is 36.4 Å². The number of rotatable bonds is 4. The molecule has 3 rings (SSSR count). The predicted octanol–water partition coefficient (Wildman–Crippen LogP) is 4.96.